The van der Waals surface area contributed by atoms with E-state index in [0.29, 0.717) is 11.6 Å². The highest BCUT2D eigenvalue weighted by Gasteiger charge is 2.16. The van der Waals surface area contributed by atoms with Crippen LogP contribution in [0.2, 0.25) is 5.02 Å². The Kier molecular flexibility index (Phi) is 6.26. The van der Waals surface area contributed by atoms with E-state index in [-0.39, 0.29) is 35.4 Å². The van der Waals surface area contributed by atoms with Gasteiger partial charge in [0.15, 0.2) is 5.82 Å². The zero-order chi connectivity index (χ0) is 19.3. The Morgan fingerprint density at radius 2 is 1.92 bits per heavy atom. The molecule has 0 aliphatic rings. The van der Waals surface area contributed by atoms with E-state index in [1.165, 1.54) is 23.1 Å². The number of hydrogen-bond acceptors (Lipinski definition) is 7. The number of anilines is 2. The van der Waals surface area contributed by atoms with E-state index in [4.69, 9.17) is 16.1 Å². The van der Waals surface area contributed by atoms with Crippen molar-refractivity contribution in [2.24, 2.45) is 0 Å². The molecule has 138 valence electrons. The highest BCUT2D eigenvalue weighted by Crippen LogP contribution is 2.27. The van der Waals surface area contributed by atoms with Gasteiger partial charge in [0.2, 0.25) is 11.8 Å². The largest absolute Gasteiger partial charge is 0.360 e. The number of aryl methyl sites for hydroxylation is 1. The van der Waals surface area contributed by atoms with Crippen LogP contribution in [0.4, 0.5) is 17.2 Å². The van der Waals surface area contributed by atoms with Crippen LogP contribution in [0.25, 0.3) is 0 Å². The lowest BCUT2D eigenvalue weighted by atomic mass is 10.2. The van der Waals surface area contributed by atoms with Gasteiger partial charge in [-0.15, -0.1) is 0 Å². The molecule has 1 aromatic carbocycles. The summed E-state index contributed by atoms with van der Waals surface area (Å²) >= 11 is 5.72. The number of likely N-dealkylation sites (N-methyl/N-ethyl adjacent to an activating group) is 1. The monoisotopic (exact) mass is 381 g/mol. The maximum atomic E-state index is 12.0. The Hall–Kier alpha value is -2.98. The van der Waals surface area contributed by atoms with E-state index in [2.05, 4.69) is 15.8 Å². The van der Waals surface area contributed by atoms with Crippen molar-refractivity contribution in [1.29, 1.82) is 0 Å². The number of carbonyl (C=O) groups excluding carboxylic acids is 2. The number of halogens is 1. The molecule has 0 atom stereocenters. The summed E-state index contributed by atoms with van der Waals surface area (Å²) in [6, 6.07) is 5.51. The summed E-state index contributed by atoms with van der Waals surface area (Å²) in [5, 5.41) is 19.5. The Labute approximate surface area is 153 Å². The Morgan fingerprint density at radius 1 is 1.27 bits per heavy atom. The van der Waals surface area contributed by atoms with Crippen molar-refractivity contribution in [3.63, 3.8) is 0 Å². The van der Waals surface area contributed by atoms with Crippen LogP contribution in [-0.4, -0.2) is 46.9 Å². The molecule has 0 radical (unpaired) electrons. The fraction of sp³-hybridized carbons (Fsp3) is 0.267. The van der Waals surface area contributed by atoms with Crippen LogP contribution in [0.5, 0.6) is 0 Å². The first-order valence-corrected chi connectivity index (χ1v) is 7.78. The normalized spacial score (nSPS) is 10.6. The molecule has 0 unspecified atom stereocenters. The molecule has 10 nitrogen and oxygen atoms in total. The number of nitro groups is 1. The fourth-order valence-corrected chi connectivity index (χ4v) is 2.27. The second-order valence-electron chi connectivity index (χ2n) is 5.51. The van der Waals surface area contributed by atoms with Gasteiger partial charge >= 0.3 is 0 Å². The second-order valence-corrected chi connectivity index (χ2v) is 5.92. The van der Waals surface area contributed by atoms with Crippen LogP contribution in [-0.2, 0) is 9.59 Å². The Bertz CT molecular complexity index is 838. The third-order valence-corrected chi connectivity index (χ3v) is 3.47. The molecule has 0 bridgehead atoms. The predicted octanol–water partition coefficient (Wildman–Crippen LogP) is 2.05. The highest BCUT2D eigenvalue weighted by atomic mass is 35.5. The van der Waals surface area contributed by atoms with Crippen molar-refractivity contribution in [3.8, 4) is 0 Å². The molecule has 0 saturated heterocycles. The van der Waals surface area contributed by atoms with Crippen molar-refractivity contribution >= 4 is 40.6 Å². The Morgan fingerprint density at radius 3 is 2.50 bits per heavy atom. The molecule has 0 spiro atoms. The topological polar surface area (TPSA) is 131 Å². The van der Waals surface area contributed by atoms with E-state index in [9.17, 15) is 19.7 Å². The van der Waals surface area contributed by atoms with Crippen LogP contribution < -0.4 is 10.6 Å². The maximum absolute atomic E-state index is 12.0. The van der Waals surface area contributed by atoms with E-state index in [0.717, 1.165) is 0 Å². The van der Waals surface area contributed by atoms with E-state index in [1.807, 2.05) is 0 Å². The van der Waals surface area contributed by atoms with Crippen LogP contribution in [0, 0.1) is 17.0 Å². The summed E-state index contributed by atoms with van der Waals surface area (Å²) in [7, 11) is 1.58. The third kappa shape index (κ3) is 5.53. The van der Waals surface area contributed by atoms with Gasteiger partial charge < -0.3 is 15.2 Å². The lowest BCUT2D eigenvalue weighted by Gasteiger charge is -2.15. The van der Waals surface area contributed by atoms with Gasteiger partial charge in [0.25, 0.3) is 5.69 Å². The number of aromatic nitrogens is 1. The smallest absolute Gasteiger partial charge is 0.289 e. The first kappa shape index (κ1) is 19.3. The number of hydrogen-bond donors (Lipinski definition) is 2. The average molecular weight is 382 g/mol. The van der Waals surface area contributed by atoms with Gasteiger partial charge in [-0.2, -0.15) is 0 Å². The molecule has 2 N–H and O–H groups in total. The first-order chi connectivity index (χ1) is 12.2. The number of rotatable bonds is 7. The SMILES string of the molecule is Cc1cc(NC(=O)CN(C)CC(=O)Nc2ccc(Cl)c([N+](=O)[O-])c2)no1. The van der Waals surface area contributed by atoms with Gasteiger partial charge in [-0.25, -0.2) is 0 Å². The van der Waals surface area contributed by atoms with Crippen LogP contribution >= 0.6 is 11.6 Å². The molecule has 1 heterocycles. The van der Waals surface area contributed by atoms with Crippen LogP contribution in [0.3, 0.4) is 0 Å². The standard InChI is InChI=1S/C15H16ClN5O5/c1-9-5-13(19-26-9)18-15(23)8-20(2)7-14(22)17-10-3-4-11(16)12(6-10)21(24)25/h3-6H,7-8H2,1-2H3,(H,17,22)(H,18,19,23). The molecule has 0 saturated carbocycles. The maximum Gasteiger partial charge on any atom is 0.289 e. The van der Waals surface area contributed by atoms with E-state index >= 15 is 0 Å². The van der Waals surface area contributed by atoms with Gasteiger partial charge in [0, 0.05) is 17.8 Å². The third-order valence-electron chi connectivity index (χ3n) is 3.15. The van der Waals surface area contributed by atoms with Crippen molar-refractivity contribution in [2.75, 3.05) is 30.8 Å². The van der Waals surface area contributed by atoms with Crippen molar-refractivity contribution in [3.05, 3.63) is 45.2 Å². The number of nitrogens with zero attached hydrogens (tertiary/aromatic N) is 3. The molecule has 11 heteroatoms. The first-order valence-electron chi connectivity index (χ1n) is 7.40. The number of nitrogens with one attached hydrogen (secondary N) is 2. The van der Waals surface area contributed by atoms with Crippen LogP contribution in [0.1, 0.15) is 5.76 Å². The van der Waals surface area contributed by atoms with E-state index < -0.39 is 10.8 Å². The van der Waals surface area contributed by atoms with Gasteiger partial charge in [-0.1, -0.05) is 16.8 Å². The van der Waals surface area contributed by atoms with Gasteiger partial charge in [-0.3, -0.25) is 24.6 Å². The summed E-state index contributed by atoms with van der Waals surface area (Å²) in [4.78, 5) is 35.6. The summed E-state index contributed by atoms with van der Waals surface area (Å²) in [5.41, 5.74) is -0.0675. The molecule has 2 rings (SSSR count). The molecular formula is C15H16ClN5O5. The quantitative estimate of drug-likeness (QED) is 0.554. The summed E-state index contributed by atoms with van der Waals surface area (Å²) in [5.74, 6) is 0.0499. The number of benzene rings is 1. The van der Waals surface area contributed by atoms with Gasteiger partial charge in [-0.05, 0) is 26.1 Å². The molecule has 0 aliphatic carbocycles. The number of amides is 2. The van der Waals surface area contributed by atoms with Gasteiger partial charge in [0.1, 0.15) is 10.8 Å². The molecule has 2 aromatic rings. The van der Waals surface area contributed by atoms with Gasteiger partial charge in [0.05, 0.1) is 18.0 Å². The molecule has 0 aliphatic heterocycles. The predicted molar refractivity (Wildman–Crippen MR) is 94.1 cm³/mol. The highest BCUT2D eigenvalue weighted by molar-refractivity contribution is 6.32. The lowest BCUT2D eigenvalue weighted by Crippen LogP contribution is -2.36. The molecule has 2 amide bonds. The van der Waals surface area contributed by atoms with Crippen molar-refractivity contribution in [2.45, 2.75) is 6.92 Å². The fourth-order valence-electron chi connectivity index (χ4n) is 2.08. The molecule has 0 fully saturated rings. The van der Waals surface area contributed by atoms with E-state index in [1.54, 1.807) is 20.0 Å². The summed E-state index contributed by atoms with van der Waals surface area (Å²) in [6.07, 6.45) is 0. The number of nitro benzene ring substituents is 1. The molecular weight excluding hydrogens is 366 g/mol. The minimum atomic E-state index is -0.639. The summed E-state index contributed by atoms with van der Waals surface area (Å²) in [6.45, 7) is 1.54. The lowest BCUT2D eigenvalue weighted by molar-refractivity contribution is -0.384. The molecule has 1 aromatic heterocycles. The zero-order valence-corrected chi connectivity index (χ0v) is 14.7. The zero-order valence-electron chi connectivity index (χ0n) is 14.0. The van der Waals surface area contributed by atoms with Crippen molar-refractivity contribution < 1.29 is 19.0 Å². The minimum Gasteiger partial charge on any atom is -0.360 e. The summed E-state index contributed by atoms with van der Waals surface area (Å²) < 4.78 is 4.84. The number of carbonyl (C=O) groups is 2. The Balaban J connectivity index is 1.86. The molecule has 26 heavy (non-hydrogen) atoms. The van der Waals surface area contributed by atoms with Crippen molar-refractivity contribution in [1.82, 2.24) is 10.1 Å². The second kappa shape index (κ2) is 8.41. The van der Waals surface area contributed by atoms with Crippen LogP contribution in [0.15, 0.2) is 28.8 Å². The average Bonchev–Trinajstić information content (AvgIpc) is 2.93. The minimum absolute atomic E-state index is 0.0233.